The van der Waals surface area contributed by atoms with Gasteiger partial charge in [-0.1, -0.05) is 53.7 Å². The molecule has 2 aliphatic heterocycles. The molecular weight excluding hydrogens is 440 g/mol. The molecule has 2 bridgehead atoms. The Morgan fingerprint density at radius 1 is 1.09 bits per heavy atom. The second-order valence-electron chi connectivity index (χ2n) is 13.7. The fraction of sp³-hybridized carbons (Fsp3) is 0.667. The largest absolute Gasteiger partial charge is 0.483 e. The lowest BCUT2D eigenvalue weighted by Crippen LogP contribution is -2.49. The van der Waals surface area contributed by atoms with Gasteiger partial charge in [0.15, 0.2) is 0 Å². The molecule has 190 valence electrons. The van der Waals surface area contributed by atoms with Crippen molar-refractivity contribution in [3.8, 4) is 5.75 Å². The van der Waals surface area contributed by atoms with E-state index in [0.717, 1.165) is 23.3 Å². The first-order chi connectivity index (χ1) is 16.0. The molecule has 4 aliphatic rings. The van der Waals surface area contributed by atoms with Crippen molar-refractivity contribution in [1.82, 2.24) is 0 Å². The third-order valence-corrected chi connectivity index (χ3v) is 9.85. The van der Waals surface area contributed by atoms with Gasteiger partial charge >= 0.3 is 11.9 Å². The summed E-state index contributed by atoms with van der Waals surface area (Å²) in [6.45, 7) is 19.2. The van der Waals surface area contributed by atoms with Crippen molar-refractivity contribution in [2.24, 2.45) is 22.2 Å². The molecule has 1 aromatic carbocycles. The molecule has 1 aromatic rings. The van der Waals surface area contributed by atoms with Crippen LogP contribution >= 0.6 is 0 Å². The van der Waals surface area contributed by atoms with E-state index in [-0.39, 0.29) is 23.4 Å². The molecule has 2 heterocycles. The van der Waals surface area contributed by atoms with Crippen LogP contribution in [0.1, 0.15) is 92.7 Å². The molecule has 0 N–H and O–H groups in total. The lowest BCUT2D eigenvalue weighted by molar-refractivity contribution is -0.183. The fourth-order valence-electron chi connectivity index (χ4n) is 6.69. The molecule has 35 heavy (non-hydrogen) atoms. The van der Waals surface area contributed by atoms with E-state index in [1.165, 1.54) is 5.57 Å². The normalized spacial score (nSPS) is 36.1. The van der Waals surface area contributed by atoms with Crippen LogP contribution in [0.3, 0.4) is 0 Å². The molecular formula is C30H40O5. The first-order valence-electron chi connectivity index (χ1n) is 13.0. The number of ether oxygens (including phenoxy) is 3. The van der Waals surface area contributed by atoms with Gasteiger partial charge in [0.2, 0.25) is 5.60 Å². The van der Waals surface area contributed by atoms with E-state index in [2.05, 4.69) is 65.8 Å². The van der Waals surface area contributed by atoms with E-state index >= 15 is 0 Å². The summed E-state index contributed by atoms with van der Waals surface area (Å²) in [5.41, 5.74) is 0.486. The van der Waals surface area contributed by atoms with Gasteiger partial charge in [-0.2, -0.15) is 0 Å². The van der Waals surface area contributed by atoms with Gasteiger partial charge in [0.1, 0.15) is 18.0 Å². The van der Waals surface area contributed by atoms with Gasteiger partial charge in [-0.3, -0.25) is 4.79 Å². The van der Waals surface area contributed by atoms with Gasteiger partial charge in [-0.25, -0.2) is 4.79 Å². The van der Waals surface area contributed by atoms with Crippen molar-refractivity contribution in [2.45, 2.75) is 98.2 Å². The van der Waals surface area contributed by atoms with Crippen LogP contribution in [0.5, 0.6) is 5.75 Å². The minimum Gasteiger partial charge on any atom is -0.483 e. The van der Waals surface area contributed by atoms with Crippen LogP contribution in [0.25, 0.3) is 5.57 Å². The summed E-state index contributed by atoms with van der Waals surface area (Å²) < 4.78 is 18.2. The first-order valence-corrected chi connectivity index (χ1v) is 13.0. The van der Waals surface area contributed by atoms with Crippen molar-refractivity contribution < 1.29 is 23.8 Å². The third-order valence-electron chi connectivity index (χ3n) is 9.85. The van der Waals surface area contributed by atoms with E-state index in [1.807, 2.05) is 20.8 Å². The number of carbonyl (C=O) groups excluding carboxylic acids is 2. The number of rotatable bonds is 4. The Hall–Kier alpha value is -2.30. The van der Waals surface area contributed by atoms with Gasteiger partial charge in [-0.15, -0.1) is 0 Å². The predicted octanol–water partition coefficient (Wildman–Crippen LogP) is 6.23. The Labute approximate surface area is 209 Å². The van der Waals surface area contributed by atoms with Crippen LogP contribution in [0.4, 0.5) is 0 Å². The standard InChI is InChI=1S/C30H40O5/c1-18-15-29(18,17-33-24(32)30-13-12-28(9,23(31)35-30)27(30,7)8)19-10-11-20-21(25(2,3)4)16-26(5,6)34-22(20)14-19/h10-11,14,16,18H,12-13,15,17H2,1-9H3/t18-,28?,29+,30?/m0/s1. The van der Waals surface area contributed by atoms with Gasteiger partial charge in [0.25, 0.3) is 0 Å². The monoisotopic (exact) mass is 480 g/mol. The van der Waals surface area contributed by atoms with Crippen molar-refractivity contribution in [1.29, 1.82) is 0 Å². The van der Waals surface area contributed by atoms with Crippen LogP contribution in [0.15, 0.2) is 24.3 Å². The number of allylic oxidation sites excluding steroid dienone is 1. The highest BCUT2D eigenvalue weighted by atomic mass is 16.6. The zero-order valence-corrected chi connectivity index (χ0v) is 22.8. The lowest BCUT2D eigenvalue weighted by Gasteiger charge is -2.37. The molecule has 5 nitrogen and oxygen atoms in total. The molecule has 3 fully saturated rings. The number of carbonyl (C=O) groups is 2. The maximum absolute atomic E-state index is 13.5. The fourth-order valence-corrected chi connectivity index (χ4v) is 6.69. The van der Waals surface area contributed by atoms with E-state index in [0.29, 0.717) is 18.8 Å². The average molecular weight is 481 g/mol. The van der Waals surface area contributed by atoms with E-state index in [1.54, 1.807) is 0 Å². The molecule has 2 aliphatic carbocycles. The molecule has 0 aromatic heterocycles. The van der Waals surface area contributed by atoms with Crippen LogP contribution in [-0.4, -0.2) is 29.7 Å². The Morgan fingerprint density at radius 2 is 1.74 bits per heavy atom. The predicted molar refractivity (Wildman–Crippen MR) is 135 cm³/mol. The summed E-state index contributed by atoms with van der Waals surface area (Å²) in [7, 11) is 0. The highest BCUT2D eigenvalue weighted by Gasteiger charge is 2.76. The Balaban J connectivity index is 1.41. The summed E-state index contributed by atoms with van der Waals surface area (Å²) in [5.74, 6) is 0.593. The van der Waals surface area contributed by atoms with Crippen molar-refractivity contribution >= 4 is 17.5 Å². The lowest BCUT2D eigenvalue weighted by atomic mass is 9.66. The maximum atomic E-state index is 13.5. The molecule has 4 atom stereocenters. The highest BCUT2D eigenvalue weighted by Crippen LogP contribution is 2.66. The molecule has 5 heteroatoms. The van der Waals surface area contributed by atoms with E-state index < -0.39 is 28.0 Å². The molecule has 5 rings (SSSR count). The number of hydrogen-bond donors (Lipinski definition) is 0. The van der Waals surface area contributed by atoms with Crippen LogP contribution in [0.2, 0.25) is 0 Å². The van der Waals surface area contributed by atoms with Gasteiger partial charge < -0.3 is 14.2 Å². The van der Waals surface area contributed by atoms with Gasteiger partial charge in [-0.05, 0) is 74.6 Å². The number of hydrogen-bond acceptors (Lipinski definition) is 5. The molecule has 1 saturated heterocycles. The summed E-state index contributed by atoms with van der Waals surface area (Å²) >= 11 is 0. The smallest absolute Gasteiger partial charge is 0.351 e. The zero-order chi connectivity index (χ0) is 25.8. The van der Waals surface area contributed by atoms with Gasteiger partial charge in [0.05, 0.1) is 5.41 Å². The highest BCUT2D eigenvalue weighted by molar-refractivity contribution is 5.93. The third kappa shape index (κ3) is 3.18. The van der Waals surface area contributed by atoms with Gasteiger partial charge in [0, 0.05) is 16.4 Å². The van der Waals surface area contributed by atoms with Crippen LogP contribution in [-0.2, 0) is 24.5 Å². The second kappa shape index (κ2) is 6.92. The summed E-state index contributed by atoms with van der Waals surface area (Å²) in [6, 6.07) is 6.48. The topological polar surface area (TPSA) is 61.8 Å². The quantitative estimate of drug-likeness (QED) is 0.478. The Bertz CT molecular complexity index is 1150. The number of benzene rings is 1. The SMILES string of the molecule is C[C@H]1C[C@]1(COC(=O)C12CCC(C)(C(=O)O1)C2(C)C)c1ccc2c(c1)OC(C)(C)C=C2C(C)(C)C. The van der Waals surface area contributed by atoms with E-state index in [4.69, 9.17) is 14.2 Å². The van der Waals surface area contributed by atoms with Crippen LogP contribution in [0, 0.1) is 22.2 Å². The molecule has 0 amide bonds. The van der Waals surface area contributed by atoms with Crippen molar-refractivity contribution in [2.75, 3.05) is 6.61 Å². The Kier molecular flexibility index (Phi) is 4.82. The summed E-state index contributed by atoms with van der Waals surface area (Å²) in [4.78, 5) is 26.1. The minimum absolute atomic E-state index is 0.00197. The van der Waals surface area contributed by atoms with Crippen molar-refractivity contribution in [3.63, 3.8) is 0 Å². The molecule has 2 saturated carbocycles. The van der Waals surface area contributed by atoms with Crippen molar-refractivity contribution in [3.05, 3.63) is 35.4 Å². The van der Waals surface area contributed by atoms with Crippen LogP contribution < -0.4 is 4.74 Å². The molecule has 0 spiro atoms. The maximum Gasteiger partial charge on any atom is 0.351 e. The Morgan fingerprint density at radius 3 is 2.26 bits per heavy atom. The summed E-state index contributed by atoms with van der Waals surface area (Å²) in [6.07, 6.45) is 4.34. The first kappa shape index (κ1) is 24.4. The average Bonchev–Trinajstić information content (AvgIpc) is 3.32. The molecule has 2 unspecified atom stereocenters. The number of esters is 2. The molecule has 0 radical (unpaired) electrons. The summed E-state index contributed by atoms with van der Waals surface area (Å²) in [5, 5.41) is 0. The van der Waals surface area contributed by atoms with E-state index in [9.17, 15) is 9.59 Å². The minimum atomic E-state index is -1.19. The second-order valence-corrected chi connectivity index (χ2v) is 13.7. The number of fused-ring (bicyclic) bond motifs is 3. The zero-order valence-electron chi connectivity index (χ0n) is 22.8.